The van der Waals surface area contributed by atoms with Crippen molar-refractivity contribution < 1.29 is 14.3 Å². The lowest BCUT2D eigenvalue weighted by molar-refractivity contribution is -0.146. The van der Waals surface area contributed by atoms with Crippen molar-refractivity contribution in [3.8, 4) is 0 Å². The van der Waals surface area contributed by atoms with Crippen LogP contribution < -0.4 is 0 Å². The van der Waals surface area contributed by atoms with Crippen LogP contribution in [-0.2, 0) is 14.3 Å². The maximum Gasteiger partial charge on any atom is 0.326 e. The van der Waals surface area contributed by atoms with Gasteiger partial charge in [-0.15, -0.1) is 0 Å². The van der Waals surface area contributed by atoms with Gasteiger partial charge in [-0.3, -0.25) is 14.5 Å². The van der Waals surface area contributed by atoms with Gasteiger partial charge in [0.1, 0.15) is 10.9 Å². The molecule has 1 saturated heterocycles. The Morgan fingerprint density at radius 2 is 2.04 bits per heavy atom. The Morgan fingerprint density at radius 1 is 1.30 bits per heavy atom. The zero-order valence-electron chi connectivity index (χ0n) is 13.0. The number of rotatable bonds is 7. The third kappa shape index (κ3) is 5.18. The average Bonchev–Trinajstić information content (AvgIpc) is 2.80. The highest BCUT2D eigenvalue weighted by Gasteiger charge is 2.33. The van der Waals surface area contributed by atoms with Crippen molar-refractivity contribution in [2.45, 2.75) is 26.2 Å². The first-order valence-electron chi connectivity index (χ1n) is 7.58. The SMILES string of the molecule is CCCCCOC(=O)CN1C(=O)/C(=C/c2ccccc2)SC1=S. The molecule has 0 aliphatic carbocycles. The molecule has 0 atom stereocenters. The van der Waals surface area contributed by atoms with E-state index >= 15 is 0 Å². The summed E-state index contributed by atoms with van der Waals surface area (Å²) < 4.78 is 5.53. The largest absolute Gasteiger partial charge is 0.464 e. The van der Waals surface area contributed by atoms with Gasteiger partial charge < -0.3 is 4.74 Å². The molecule has 4 nitrogen and oxygen atoms in total. The van der Waals surface area contributed by atoms with Crippen molar-refractivity contribution in [1.29, 1.82) is 0 Å². The summed E-state index contributed by atoms with van der Waals surface area (Å²) in [5.74, 6) is -0.660. The minimum absolute atomic E-state index is 0.122. The number of carbonyl (C=O) groups is 2. The Kier molecular flexibility index (Phi) is 6.80. The molecule has 0 N–H and O–H groups in total. The molecule has 0 bridgehead atoms. The van der Waals surface area contributed by atoms with Crippen molar-refractivity contribution in [1.82, 2.24) is 4.90 Å². The quantitative estimate of drug-likeness (QED) is 0.326. The lowest BCUT2D eigenvalue weighted by atomic mass is 10.2. The number of esters is 1. The summed E-state index contributed by atoms with van der Waals surface area (Å²) in [5.41, 5.74) is 0.926. The molecule has 2 rings (SSSR count). The summed E-state index contributed by atoms with van der Waals surface area (Å²) in [7, 11) is 0. The van der Waals surface area contributed by atoms with Crippen molar-refractivity contribution >= 4 is 46.3 Å². The van der Waals surface area contributed by atoms with E-state index in [1.54, 1.807) is 6.08 Å². The zero-order chi connectivity index (χ0) is 16.7. The number of benzene rings is 1. The number of ether oxygens (including phenoxy) is 1. The molecule has 1 heterocycles. The summed E-state index contributed by atoms with van der Waals surface area (Å²) in [6, 6.07) is 9.54. The van der Waals surface area contributed by atoms with Crippen LogP contribution in [0.2, 0.25) is 0 Å². The summed E-state index contributed by atoms with van der Waals surface area (Å²) in [6.45, 7) is 2.35. The summed E-state index contributed by atoms with van der Waals surface area (Å²) in [5, 5.41) is 0. The number of carbonyl (C=O) groups excluding carboxylic acids is 2. The predicted molar refractivity (Wildman–Crippen MR) is 96.8 cm³/mol. The third-order valence-corrected chi connectivity index (χ3v) is 4.65. The Hall–Kier alpha value is -1.66. The second-order valence-electron chi connectivity index (χ2n) is 5.11. The molecule has 0 aromatic heterocycles. The van der Waals surface area contributed by atoms with Gasteiger partial charge in [0.25, 0.3) is 5.91 Å². The van der Waals surface area contributed by atoms with Gasteiger partial charge >= 0.3 is 5.97 Å². The number of hydrogen-bond donors (Lipinski definition) is 0. The van der Waals surface area contributed by atoms with Crippen LogP contribution in [0.1, 0.15) is 31.7 Å². The molecule has 1 aromatic carbocycles. The number of thiocarbonyl (C=S) groups is 1. The fraction of sp³-hybridized carbons (Fsp3) is 0.353. The first-order valence-corrected chi connectivity index (χ1v) is 8.80. The van der Waals surface area contributed by atoms with Crippen molar-refractivity contribution in [3.05, 3.63) is 40.8 Å². The van der Waals surface area contributed by atoms with Crippen molar-refractivity contribution in [2.24, 2.45) is 0 Å². The average molecular weight is 349 g/mol. The smallest absolute Gasteiger partial charge is 0.326 e. The maximum atomic E-state index is 12.4. The third-order valence-electron chi connectivity index (χ3n) is 3.27. The molecule has 0 saturated carbocycles. The van der Waals surface area contributed by atoms with E-state index in [9.17, 15) is 9.59 Å². The van der Waals surface area contributed by atoms with Gasteiger partial charge in [0.2, 0.25) is 0 Å². The van der Waals surface area contributed by atoms with Crippen LogP contribution in [-0.4, -0.2) is 34.2 Å². The topological polar surface area (TPSA) is 46.6 Å². The van der Waals surface area contributed by atoms with Gasteiger partial charge in [-0.2, -0.15) is 0 Å². The molecule has 0 unspecified atom stereocenters. The van der Waals surface area contributed by atoms with E-state index in [-0.39, 0.29) is 12.5 Å². The lowest BCUT2D eigenvalue weighted by Crippen LogP contribution is -2.34. The molecule has 1 aliphatic rings. The number of thioether (sulfide) groups is 1. The van der Waals surface area contributed by atoms with E-state index in [1.807, 2.05) is 30.3 Å². The number of hydrogen-bond acceptors (Lipinski definition) is 5. The standard InChI is InChI=1S/C17H19NO3S2/c1-2-3-7-10-21-15(19)12-18-16(20)14(23-17(18)22)11-13-8-5-4-6-9-13/h4-6,8-9,11H,2-3,7,10,12H2,1H3/b14-11-. The zero-order valence-corrected chi connectivity index (χ0v) is 14.6. The number of unbranched alkanes of at least 4 members (excludes halogenated alkanes) is 2. The monoisotopic (exact) mass is 349 g/mol. The van der Waals surface area contributed by atoms with E-state index < -0.39 is 5.97 Å². The summed E-state index contributed by atoms with van der Waals surface area (Å²) >= 11 is 6.41. The van der Waals surface area contributed by atoms with Crippen LogP contribution >= 0.6 is 24.0 Å². The van der Waals surface area contributed by atoms with Gasteiger partial charge in [0.15, 0.2) is 0 Å². The predicted octanol–water partition coefficient (Wildman–Crippen LogP) is 3.62. The minimum atomic E-state index is -0.418. The van der Waals surface area contributed by atoms with Gasteiger partial charge in [0, 0.05) is 0 Å². The Morgan fingerprint density at radius 3 is 2.74 bits per heavy atom. The maximum absolute atomic E-state index is 12.4. The highest BCUT2D eigenvalue weighted by molar-refractivity contribution is 8.26. The normalized spacial score (nSPS) is 16.2. The van der Waals surface area contributed by atoms with Crippen LogP contribution in [0.25, 0.3) is 6.08 Å². The molecule has 23 heavy (non-hydrogen) atoms. The first kappa shape index (κ1) is 17.7. The molecule has 1 fully saturated rings. The van der Waals surface area contributed by atoms with Crippen LogP contribution in [0.15, 0.2) is 35.2 Å². The molecule has 1 aromatic rings. The van der Waals surface area contributed by atoms with Crippen molar-refractivity contribution in [2.75, 3.05) is 13.2 Å². The highest BCUT2D eigenvalue weighted by atomic mass is 32.2. The van der Waals surface area contributed by atoms with E-state index in [0.29, 0.717) is 15.8 Å². The van der Waals surface area contributed by atoms with Gasteiger partial charge in [-0.25, -0.2) is 0 Å². The molecule has 0 radical (unpaired) electrons. The number of nitrogens with zero attached hydrogens (tertiary/aromatic N) is 1. The molecule has 122 valence electrons. The van der Waals surface area contributed by atoms with Crippen LogP contribution in [0.5, 0.6) is 0 Å². The summed E-state index contributed by atoms with van der Waals surface area (Å²) in [4.78, 5) is 26.0. The Bertz CT molecular complexity index is 614. The Labute approximate surface area is 145 Å². The van der Waals surface area contributed by atoms with E-state index in [1.165, 1.54) is 16.7 Å². The molecule has 6 heteroatoms. The second-order valence-corrected chi connectivity index (χ2v) is 6.78. The molecule has 0 spiro atoms. The Balaban J connectivity index is 1.94. The highest BCUT2D eigenvalue weighted by Crippen LogP contribution is 2.32. The lowest BCUT2D eigenvalue weighted by Gasteiger charge is -2.13. The van der Waals surface area contributed by atoms with E-state index in [4.69, 9.17) is 17.0 Å². The molecule has 1 amide bonds. The van der Waals surface area contributed by atoms with Crippen LogP contribution in [0.4, 0.5) is 0 Å². The summed E-state index contributed by atoms with van der Waals surface area (Å²) in [6.07, 6.45) is 4.71. The van der Waals surface area contributed by atoms with Gasteiger partial charge in [0.05, 0.1) is 11.5 Å². The molecule has 1 aliphatic heterocycles. The first-order chi connectivity index (χ1) is 11.1. The number of amides is 1. The fourth-order valence-corrected chi connectivity index (χ4v) is 3.30. The molecular formula is C17H19NO3S2. The van der Waals surface area contributed by atoms with E-state index in [0.717, 1.165) is 24.8 Å². The fourth-order valence-electron chi connectivity index (χ4n) is 2.05. The van der Waals surface area contributed by atoms with Crippen LogP contribution in [0, 0.1) is 0 Å². The van der Waals surface area contributed by atoms with Crippen molar-refractivity contribution in [3.63, 3.8) is 0 Å². The minimum Gasteiger partial charge on any atom is -0.464 e. The van der Waals surface area contributed by atoms with Crippen LogP contribution in [0.3, 0.4) is 0 Å². The second kappa shape index (κ2) is 8.84. The van der Waals surface area contributed by atoms with Gasteiger partial charge in [-0.05, 0) is 18.1 Å². The van der Waals surface area contributed by atoms with E-state index in [2.05, 4.69) is 6.92 Å². The molecular weight excluding hydrogens is 330 g/mol. The van der Waals surface area contributed by atoms with Gasteiger partial charge in [-0.1, -0.05) is 74.1 Å².